The first-order chi connectivity index (χ1) is 13.4. The Morgan fingerprint density at radius 2 is 1.70 bits per heavy atom. The van der Waals surface area contributed by atoms with Crippen LogP contribution in [0.1, 0.15) is 12.8 Å². The zero-order chi connectivity index (χ0) is 18.1. The van der Waals surface area contributed by atoms with Crippen molar-refractivity contribution in [1.29, 1.82) is 0 Å². The van der Waals surface area contributed by atoms with Gasteiger partial charge in [-0.2, -0.15) is 0 Å². The molecule has 5 rings (SSSR count). The summed E-state index contributed by atoms with van der Waals surface area (Å²) in [5.41, 5.74) is 4.29. The van der Waals surface area contributed by atoms with Gasteiger partial charge in [0.1, 0.15) is 0 Å². The highest BCUT2D eigenvalue weighted by Crippen LogP contribution is 2.27. The Balaban J connectivity index is 1.48. The van der Waals surface area contributed by atoms with Crippen LogP contribution in [0.25, 0.3) is 22.2 Å². The molecule has 2 aliphatic heterocycles. The number of hydrogen-bond acceptors (Lipinski definition) is 6. The summed E-state index contributed by atoms with van der Waals surface area (Å²) in [4.78, 5) is 18.6. The van der Waals surface area contributed by atoms with Crippen LogP contribution in [0.3, 0.4) is 0 Å². The number of fused-ring (bicyclic) bond motifs is 1. The molecule has 138 valence electrons. The molecule has 0 atom stereocenters. The van der Waals surface area contributed by atoms with Gasteiger partial charge in [-0.05, 0) is 43.2 Å². The lowest BCUT2D eigenvalue weighted by molar-refractivity contribution is 0.580. The maximum atomic E-state index is 4.81. The Hall–Kier alpha value is -2.73. The van der Waals surface area contributed by atoms with Gasteiger partial charge in [-0.25, -0.2) is 9.97 Å². The normalized spacial score (nSPS) is 17.6. The van der Waals surface area contributed by atoms with Crippen LogP contribution in [0.4, 0.5) is 11.6 Å². The number of nitrogens with zero attached hydrogens (tertiary/aromatic N) is 5. The Morgan fingerprint density at radius 1 is 0.852 bits per heavy atom. The lowest BCUT2D eigenvalue weighted by Crippen LogP contribution is -2.44. The number of aromatic nitrogens is 3. The third-order valence-corrected chi connectivity index (χ3v) is 5.47. The van der Waals surface area contributed by atoms with Gasteiger partial charge < -0.3 is 15.1 Å². The van der Waals surface area contributed by atoms with Crippen LogP contribution in [-0.4, -0.2) is 54.2 Å². The van der Waals surface area contributed by atoms with E-state index in [4.69, 9.17) is 4.98 Å². The molecule has 0 amide bonds. The van der Waals surface area contributed by atoms with E-state index in [1.165, 1.54) is 23.9 Å². The summed E-state index contributed by atoms with van der Waals surface area (Å²) in [6.45, 7) is 6.14. The average Bonchev–Trinajstić information content (AvgIpc) is 3.29. The van der Waals surface area contributed by atoms with Crippen molar-refractivity contribution in [3.05, 3.63) is 42.7 Å². The Kier molecular flexibility index (Phi) is 4.33. The number of rotatable bonds is 3. The second kappa shape index (κ2) is 7.12. The largest absolute Gasteiger partial charge is 0.372 e. The maximum absolute atomic E-state index is 4.81. The minimum Gasteiger partial charge on any atom is -0.372 e. The van der Waals surface area contributed by atoms with Crippen molar-refractivity contribution < 1.29 is 0 Å². The van der Waals surface area contributed by atoms with Crippen molar-refractivity contribution >= 4 is 22.5 Å². The molecule has 0 saturated carbocycles. The van der Waals surface area contributed by atoms with Gasteiger partial charge in [0.15, 0.2) is 0 Å². The number of hydrogen-bond donors (Lipinski definition) is 1. The number of piperazine rings is 1. The first kappa shape index (κ1) is 16.4. The third kappa shape index (κ3) is 3.32. The molecule has 2 aromatic heterocycles. The molecule has 27 heavy (non-hydrogen) atoms. The van der Waals surface area contributed by atoms with E-state index in [0.29, 0.717) is 0 Å². The zero-order valence-electron chi connectivity index (χ0n) is 15.4. The topological polar surface area (TPSA) is 57.2 Å². The molecule has 1 N–H and O–H groups in total. The van der Waals surface area contributed by atoms with Gasteiger partial charge in [0.25, 0.3) is 0 Å². The van der Waals surface area contributed by atoms with Crippen molar-refractivity contribution in [1.82, 2.24) is 20.3 Å². The zero-order valence-corrected chi connectivity index (χ0v) is 15.4. The highest BCUT2D eigenvalue weighted by atomic mass is 15.3. The van der Waals surface area contributed by atoms with E-state index in [9.17, 15) is 0 Å². The quantitative estimate of drug-likeness (QED) is 0.775. The summed E-state index contributed by atoms with van der Waals surface area (Å²) in [5, 5.41) is 4.53. The van der Waals surface area contributed by atoms with Gasteiger partial charge in [-0.1, -0.05) is 0 Å². The van der Waals surface area contributed by atoms with Crippen molar-refractivity contribution in [2.45, 2.75) is 12.8 Å². The standard InChI is InChI=1S/C21H24N6/c1-2-10-26(9-1)18-3-4-19-16(14-18)13-17(15-24-19)20-5-6-23-21(25-20)27-11-7-22-8-12-27/h3-6,13-15,22H,1-2,7-12H2. The molecule has 3 aromatic rings. The van der Waals surface area contributed by atoms with Gasteiger partial charge in [0, 0.05) is 68.3 Å². The van der Waals surface area contributed by atoms with E-state index in [1.807, 2.05) is 18.5 Å². The molecule has 0 unspecified atom stereocenters. The average molecular weight is 360 g/mol. The second-order valence-corrected chi connectivity index (χ2v) is 7.27. The molecule has 6 heteroatoms. The minimum absolute atomic E-state index is 0.805. The maximum Gasteiger partial charge on any atom is 0.225 e. The van der Waals surface area contributed by atoms with Gasteiger partial charge in [0.2, 0.25) is 5.95 Å². The molecule has 2 saturated heterocycles. The van der Waals surface area contributed by atoms with Crippen LogP contribution in [-0.2, 0) is 0 Å². The molecule has 0 radical (unpaired) electrons. The number of pyridine rings is 1. The predicted molar refractivity (Wildman–Crippen MR) is 109 cm³/mol. The van der Waals surface area contributed by atoms with Crippen molar-refractivity contribution in [2.75, 3.05) is 49.1 Å². The van der Waals surface area contributed by atoms with E-state index in [-0.39, 0.29) is 0 Å². The fourth-order valence-corrected chi connectivity index (χ4v) is 3.96. The smallest absolute Gasteiger partial charge is 0.225 e. The molecule has 6 nitrogen and oxygen atoms in total. The molecular formula is C21H24N6. The fraction of sp³-hybridized carbons (Fsp3) is 0.381. The van der Waals surface area contributed by atoms with E-state index < -0.39 is 0 Å². The van der Waals surface area contributed by atoms with E-state index in [1.54, 1.807) is 0 Å². The van der Waals surface area contributed by atoms with E-state index in [0.717, 1.165) is 62.0 Å². The van der Waals surface area contributed by atoms with Crippen molar-refractivity contribution in [3.8, 4) is 11.3 Å². The molecule has 1 aromatic carbocycles. The lowest BCUT2D eigenvalue weighted by Gasteiger charge is -2.27. The van der Waals surface area contributed by atoms with Crippen molar-refractivity contribution in [2.24, 2.45) is 0 Å². The predicted octanol–water partition coefficient (Wildman–Crippen LogP) is 2.70. The molecule has 2 fully saturated rings. The molecule has 4 heterocycles. The molecule has 0 aliphatic carbocycles. The van der Waals surface area contributed by atoms with Gasteiger partial charge >= 0.3 is 0 Å². The number of anilines is 2. The summed E-state index contributed by atoms with van der Waals surface area (Å²) in [5.74, 6) is 0.805. The van der Waals surface area contributed by atoms with E-state index >= 15 is 0 Å². The summed E-state index contributed by atoms with van der Waals surface area (Å²) in [6.07, 6.45) is 6.34. The first-order valence-electron chi connectivity index (χ1n) is 9.81. The molecule has 0 bridgehead atoms. The van der Waals surface area contributed by atoms with Crippen LogP contribution in [0, 0.1) is 0 Å². The fourth-order valence-electron chi connectivity index (χ4n) is 3.96. The lowest BCUT2D eigenvalue weighted by atomic mass is 10.1. The highest BCUT2D eigenvalue weighted by molar-refractivity contribution is 5.86. The van der Waals surface area contributed by atoms with Crippen LogP contribution in [0.5, 0.6) is 0 Å². The summed E-state index contributed by atoms with van der Waals surface area (Å²) in [6, 6.07) is 10.7. The molecule has 2 aliphatic rings. The van der Waals surface area contributed by atoms with Gasteiger partial charge in [-0.3, -0.25) is 4.98 Å². The van der Waals surface area contributed by atoms with Crippen LogP contribution in [0.15, 0.2) is 42.7 Å². The van der Waals surface area contributed by atoms with Gasteiger partial charge in [-0.15, -0.1) is 0 Å². The summed E-state index contributed by atoms with van der Waals surface area (Å²) in [7, 11) is 0. The number of nitrogens with one attached hydrogen (secondary N) is 1. The van der Waals surface area contributed by atoms with Crippen LogP contribution < -0.4 is 15.1 Å². The Bertz CT molecular complexity index is 944. The number of benzene rings is 1. The monoisotopic (exact) mass is 360 g/mol. The van der Waals surface area contributed by atoms with Crippen LogP contribution in [0.2, 0.25) is 0 Å². The molecular weight excluding hydrogens is 336 g/mol. The molecule has 0 spiro atoms. The first-order valence-corrected chi connectivity index (χ1v) is 9.81. The summed E-state index contributed by atoms with van der Waals surface area (Å²) < 4.78 is 0. The van der Waals surface area contributed by atoms with E-state index in [2.05, 4.69) is 49.4 Å². The minimum atomic E-state index is 0.805. The van der Waals surface area contributed by atoms with Gasteiger partial charge in [0.05, 0.1) is 11.2 Å². The summed E-state index contributed by atoms with van der Waals surface area (Å²) >= 11 is 0. The SMILES string of the molecule is c1cc(-c2cnc3ccc(N4CCCC4)cc3c2)nc(N2CCNCC2)n1. The third-order valence-electron chi connectivity index (χ3n) is 5.47. The van der Waals surface area contributed by atoms with Crippen molar-refractivity contribution in [3.63, 3.8) is 0 Å². The Morgan fingerprint density at radius 3 is 2.56 bits per heavy atom. The van der Waals surface area contributed by atoms with Crippen LogP contribution >= 0.6 is 0 Å². The Labute approximate surface area is 159 Å². The highest BCUT2D eigenvalue weighted by Gasteiger charge is 2.15. The second-order valence-electron chi connectivity index (χ2n) is 7.27.